The van der Waals surface area contributed by atoms with Gasteiger partial charge in [0.1, 0.15) is 5.82 Å². The Morgan fingerprint density at radius 1 is 1.24 bits per heavy atom. The third-order valence-electron chi connectivity index (χ3n) is 7.87. The van der Waals surface area contributed by atoms with E-state index < -0.39 is 23.5 Å². The number of aliphatic carboxylic acids is 1. The number of aromatic nitrogens is 3. The van der Waals surface area contributed by atoms with E-state index in [2.05, 4.69) is 11.8 Å². The number of carbonyl (C=O) groups is 1. The summed E-state index contributed by atoms with van der Waals surface area (Å²) in [5.74, 6) is -1.12. The van der Waals surface area contributed by atoms with Crippen molar-refractivity contribution >= 4 is 17.4 Å². The van der Waals surface area contributed by atoms with Crippen molar-refractivity contribution in [2.24, 2.45) is 11.3 Å². The number of halogens is 3. The molecule has 1 aliphatic carbocycles. The van der Waals surface area contributed by atoms with Crippen molar-refractivity contribution in [1.29, 1.82) is 0 Å². The molecule has 2 fully saturated rings. The van der Waals surface area contributed by atoms with Crippen molar-refractivity contribution < 1.29 is 23.1 Å². The van der Waals surface area contributed by atoms with Gasteiger partial charge in [0.25, 0.3) is 0 Å². The highest BCUT2D eigenvalue weighted by Gasteiger charge is 2.43. The zero-order valence-corrected chi connectivity index (χ0v) is 19.6. The average Bonchev–Trinajstić information content (AvgIpc) is 3.20. The van der Waals surface area contributed by atoms with E-state index >= 15 is 0 Å². The molecule has 0 aromatic carbocycles. The van der Waals surface area contributed by atoms with Gasteiger partial charge in [-0.05, 0) is 58.3 Å². The van der Waals surface area contributed by atoms with Crippen LogP contribution in [0.4, 0.5) is 19.0 Å². The van der Waals surface area contributed by atoms with E-state index in [-0.39, 0.29) is 18.8 Å². The average molecular weight is 467 g/mol. The summed E-state index contributed by atoms with van der Waals surface area (Å²) in [5, 5.41) is 14.8. The second-order valence-corrected chi connectivity index (χ2v) is 9.75. The normalized spacial score (nSPS) is 26.7. The summed E-state index contributed by atoms with van der Waals surface area (Å²) in [7, 11) is 0. The maximum absolute atomic E-state index is 13.1. The summed E-state index contributed by atoms with van der Waals surface area (Å²) < 4.78 is 41.1. The van der Waals surface area contributed by atoms with Crippen LogP contribution in [0.15, 0.2) is 6.07 Å². The van der Waals surface area contributed by atoms with Gasteiger partial charge in [0.15, 0.2) is 5.65 Å². The van der Waals surface area contributed by atoms with Crippen molar-refractivity contribution in [2.45, 2.75) is 84.2 Å². The summed E-state index contributed by atoms with van der Waals surface area (Å²) in [6.45, 7) is 7.09. The van der Waals surface area contributed by atoms with Gasteiger partial charge in [0.05, 0.1) is 17.0 Å². The third-order valence-corrected chi connectivity index (χ3v) is 7.87. The number of alkyl halides is 3. The van der Waals surface area contributed by atoms with Gasteiger partial charge in [-0.25, -0.2) is 4.98 Å². The largest absolute Gasteiger partial charge is 0.481 e. The first kappa shape index (κ1) is 23.8. The number of carboxylic acid groups (broad SMARTS) is 1. The minimum absolute atomic E-state index is 0.0151. The van der Waals surface area contributed by atoms with Crippen LogP contribution in [0, 0.1) is 18.3 Å². The Morgan fingerprint density at radius 3 is 2.52 bits per heavy atom. The van der Waals surface area contributed by atoms with E-state index in [0.717, 1.165) is 42.2 Å². The van der Waals surface area contributed by atoms with Crippen LogP contribution in [0.3, 0.4) is 0 Å². The number of hydrogen-bond acceptors (Lipinski definition) is 4. The zero-order chi connectivity index (χ0) is 24.0. The summed E-state index contributed by atoms with van der Waals surface area (Å²) >= 11 is 0. The molecule has 1 aliphatic heterocycles. The molecule has 0 amide bonds. The van der Waals surface area contributed by atoms with Gasteiger partial charge >= 0.3 is 12.1 Å². The van der Waals surface area contributed by atoms with Crippen LogP contribution in [0.5, 0.6) is 0 Å². The molecule has 2 aliphatic rings. The van der Waals surface area contributed by atoms with Gasteiger partial charge in [-0.1, -0.05) is 13.8 Å². The predicted octanol–water partition coefficient (Wildman–Crippen LogP) is 5.52. The Morgan fingerprint density at radius 2 is 1.94 bits per heavy atom. The van der Waals surface area contributed by atoms with E-state index in [1.54, 1.807) is 0 Å². The molecule has 2 aromatic heterocycles. The van der Waals surface area contributed by atoms with Crippen molar-refractivity contribution in [3.8, 4) is 0 Å². The van der Waals surface area contributed by atoms with E-state index in [9.17, 15) is 23.1 Å². The summed E-state index contributed by atoms with van der Waals surface area (Å²) in [6.07, 6.45) is -0.223. The fourth-order valence-electron chi connectivity index (χ4n) is 5.74. The molecule has 0 radical (unpaired) electrons. The Bertz CT molecular complexity index is 1030. The van der Waals surface area contributed by atoms with Gasteiger partial charge in [0.2, 0.25) is 0 Å². The Balaban J connectivity index is 1.71. The number of aryl methyl sites for hydroxylation is 1. The number of carboxylic acids is 1. The first-order chi connectivity index (χ1) is 15.6. The van der Waals surface area contributed by atoms with E-state index in [1.807, 2.05) is 24.4 Å². The van der Waals surface area contributed by atoms with Gasteiger partial charge < -0.3 is 10.0 Å². The summed E-state index contributed by atoms with van der Waals surface area (Å²) in [6, 6.07) is 1.91. The highest BCUT2D eigenvalue weighted by molar-refractivity contribution is 5.76. The van der Waals surface area contributed by atoms with Crippen LogP contribution < -0.4 is 4.90 Å². The molecule has 0 bridgehead atoms. The lowest BCUT2D eigenvalue weighted by molar-refractivity contribution is -0.182. The molecule has 9 heteroatoms. The van der Waals surface area contributed by atoms with Crippen molar-refractivity contribution in [2.75, 3.05) is 18.0 Å². The summed E-state index contributed by atoms with van der Waals surface area (Å²) in [5.41, 5.74) is 2.59. The monoisotopic (exact) mass is 466 g/mol. The van der Waals surface area contributed by atoms with E-state index in [4.69, 9.17) is 10.1 Å². The van der Waals surface area contributed by atoms with Crippen LogP contribution in [-0.4, -0.2) is 44.9 Å². The second-order valence-electron chi connectivity index (χ2n) is 9.75. The van der Waals surface area contributed by atoms with Gasteiger partial charge in [-0.3, -0.25) is 4.79 Å². The summed E-state index contributed by atoms with van der Waals surface area (Å²) in [4.78, 5) is 19.0. The Kier molecular flexibility index (Phi) is 6.35. The van der Waals surface area contributed by atoms with E-state index in [1.165, 1.54) is 0 Å². The molecular weight excluding hydrogens is 433 g/mol. The molecule has 182 valence electrons. The quantitative estimate of drug-likeness (QED) is 0.629. The minimum atomic E-state index is -4.13. The molecule has 1 saturated heterocycles. The molecule has 1 saturated carbocycles. The highest BCUT2D eigenvalue weighted by Crippen LogP contribution is 2.43. The van der Waals surface area contributed by atoms with Crippen LogP contribution in [0.1, 0.15) is 81.7 Å². The predicted molar refractivity (Wildman–Crippen MR) is 120 cm³/mol. The number of rotatable bonds is 5. The topological polar surface area (TPSA) is 70.7 Å². The standard InChI is InChI=1S/C24H33F3N4O2/c1-4-18-15(3)28-20-13-19(16-7-9-17(10-8-16)24(25,26)27)29-31(20)21(18)30-12-6-11-23(5-2,14-30)22(32)33/h13,16-17H,4-12,14H2,1-3H3,(H,32,33). The Hall–Kier alpha value is -2.32. The molecule has 4 rings (SSSR count). The lowest BCUT2D eigenvalue weighted by Gasteiger charge is -2.41. The molecule has 1 unspecified atom stereocenters. The van der Waals surface area contributed by atoms with Crippen LogP contribution in [0.2, 0.25) is 0 Å². The van der Waals surface area contributed by atoms with Crippen molar-refractivity contribution in [1.82, 2.24) is 14.6 Å². The molecule has 33 heavy (non-hydrogen) atoms. The van der Waals surface area contributed by atoms with Gasteiger partial charge in [-0.15, -0.1) is 0 Å². The lowest BCUT2D eigenvalue weighted by atomic mass is 9.77. The highest BCUT2D eigenvalue weighted by atomic mass is 19.4. The third kappa shape index (κ3) is 4.30. The van der Waals surface area contributed by atoms with Crippen LogP contribution >= 0.6 is 0 Å². The smallest absolute Gasteiger partial charge is 0.391 e. The number of fused-ring (bicyclic) bond motifs is 1. The maximum atomic E-state index is 13.1. The molecule has 1 N–H and O–H groups in total. The fourth-order valence-corrected chi connectivity index (χ4v) is 5.74. The molecular formula is C24H33F3N4O2. The van der Waals surface area contributed by atoms with Crippen LogP contribution in [-0.2, 0) is 11.2 Å². The maximum Gasteiger partial charge on any atom is 0.391 e. The SMILES string of the molecule is CCc1c(C)nc2cc(C3CCC(C(F)(F)F)CC3)nn2c1N1CCCC(CC)(C(=O)O)C1. The number of nitrogens with zero attached hydrogens (tertiary/aromatic N) is 4. The molecule has 1 atom stereocenters. The second kappa shape index (κ2) is 8.80. The zero-order valence-electron chi connectivity index (χ0n) is 19.6. The molecule has 6 nitrogen and oxygen atoms in total. The first-order valence-electron chi connectivity index (χ1n) is 12.0. The van der Waals surface area contributed by atoms with Crippen LogP contribution in [0.25, 0.3) is 5.65 Å². The molecule has 2 aromatic rings. The minimum Gasteiger partial charge on any atom is -0.481 e. The number of hydrogen-bond donors (Lipinski definition) is 1. The van der Waals surface area contributed by atoms with Gasteiger partial charge in [-0.2, -0.15) is 22.8 Å². The first-order valence-corrected chi connectivity index (χ1v) is 12.0. The number of piperidine rings is 1. The van der Waals surface area contributed by atoms with E-state index in [0.29, 0.717) is 37.9 Å². The van der Waals surface area contributed by atoms with Gasteiger partial charge in [0, 0.05) is 36.3 Å². The Labute approximate surface area is 192 Å². The molecule has 3 heterocycles. The van der Waals surface area contributed by atoms with Crippen molar-refractivity contribution in [3.05, 3.63) is 23.0 Å². The van der Waals surface area contributed by atoms with Crippen molar-refractivity contribution in [3.63, 3.8) is 0 Å². The fraction of sp³-hybridized carbons (Fsp3) is 0.708. The lowest BCUT2D eigenvalue weighted by Crippen LogP contribution is -2.48. The molecule has 0 spiro atoms. The number of anilines is 1.